The van der Waals surface area contributed by atoms with Crippen molar-refractivity contribution in [1.82, 2.24) is 5.32 Å². The summed E-state index contributed by atoms with van der Waals surface area (Å²) < 4.78 is 17.2. The molecular weight excluding hydrogens is 622 g/mol. The van der Waals surface area contributed by atoms with Gasteiger partial charge >= 0.3 is 6.09 Å². The number of nitrogens with one attached hydrogen (secondary N) is 1. The number of aliphatic hydroxyl groups excluding tert-OH is 4. The largest absolute Gasteiger partial charge is 0.446 e. The zero-order valence-corrected chi connectivity index (χ0v) is 31.5. The SMILES string of the molecule is CC(C)CCCC(C)C1CCC2C3CC=C4CC(OC(=O)NCC(C)CCOC5OC(C)(CO)[C@H](O)C(O)C5O)CC[C@]4(C)C3CC[C@]12C. The van der Waals surface area contributed by atoms with Gasteiger partial charge in [0, 0.05) is 13.0 Å². The highest BCUT2D eigenvalue weighted by atomic mass is 16.7. The molecule has 3 saturated carbocycles. The number of rotatable bonds is 13. The maximum atomic E-state index is 12.9. The number of amides is 1. The number of allylic oxidation sites excluding steroid dienone is 1. The fourth-order valence-corrected chi connectivity index (χ4v) is 11.1. The Morgan fingerprint density at radius 1 is 0.980 bits per heavy atom. The molecule has 5 rings (SSSR count). The van der Waals surface area contributed by atoms with E-state index in [2.05, 4.69) is 46.0 Å². The van der Waals surface area contributed by atoms with Crippen molar-refractivity contribution in [2.24, 2.45) is 52.3 Å². The quantitative estimate of drug-likeness (QED) is 0.141. The van der Waals surface area contributed by atoms with E-state index >= 15 is 0 Å². The Kier molecular flexibility index (Phi) is 12.6. The molecule has 0 spiro atoms. The molecule has 11 unspecified atom stereocenters. The van der Waals surface area contributed by atoms with Gasteiger partial charge in [0.25, 0.3) is 0 Å². The number of ether oxygens (including phenoxy) is 3. The van der Waals surface area contributed by atoms with Gasteiger partial charge in [-0.2, -0.15) is 0 Å². The molecule has 1 amide bonds. The van der Waals surface area contributed by atoms with Crippen molar-refractivity contribution in [2.75, 3.05) is 19.8 Å². The summed E-state index contributed by atoms with van der Waals surface area (Å²) >= 11 is 0. The third-order valence-electron chi connectivity index (χ3n) is 14.3. The van der Waals surface area contributed by atoms with E-state index < -0.39 is 36.8 Å². The summed E-state index contributed by atoms with van der Waals surface area (Å²) in [6.07, 6.45) is 10.7. The van der Waals surface area contributed by atoms with Crippen LogP contribution in [0.5, 0.6) is 0 Å². The van der Waals surface area contributed by atoms with Crippen molar-refractivity contribution in [2.45, 2.75) is 162 Å². The van der Waals surface area contributed by atoms with Gasteiger partial charge in [0.05, 0.1) is 13.2 Å². The molecule has 5 aliphatic rings. The minimum absolute atomic E-state index is 0.0656. The van der Waals surface area contributed by atoms with Crippen LogP contribution in [-0.4, -0.2) is 82.6 Å². The first kappa shape index (κ1) is 39.0. The van der Waals surface area contributed by atoms with Crippen LogP contribution in [0.1, 0.15) is 126 Å². The molecule has 0 aromatic heterocycles. The average molecular weight is 692 g/mol. The number of carbonyl (C=O) groups is 1. The lowest BCUT2D eigenvalue weighted by atomic mass is 9.47. The fourth-order valence-electron chi connectivity index (χ4n) is 11.1. The summed E-state index contributed by atoms with van der Waals surface area (Å²) in [5.41, 5.74) is 0.786. The topological polar surface area (TPSA) is 138 Å². The van der Waals surface area contributed by atoms with Gasteiger partial charge in [0.1, 0.15) is 30.0 Å². The van der Waals surface area contributed by atoms with Crippen molar-refractivity contribution in [3.05, 3.63) is 11.6 Å². The third-order valence-corrected chi connectivity index (χ3v) is 14.3. The lowest BCUT2D eigenvalue weighted by Crippen LogP contribution is -2.65. The molecule has 9 heteroatoms. The second-order valence-corrected chi connectivity index (χ2v) is 18.1. The third kappa shape index (κ3) is 8.07. The van der Waals surface area contributed by atoms with Gasteiger partial charge in [-0.15, -0.1) is 0 Å². The van der Waals surface area contributed by atoms with Gasteiger partial charge in [-0.05, 0) is 111 Å². The maximum Gasteiger partial charge on any atom is 0.407 e. The van der Waals surface area contributed by atoms with Crippen LogP contribution in [0.3, 0.4) is 0 Å². The standard InChI is InChI=1S/C40H69NO8/c1-24(2)9-8-10-26(4)30-13-14-31-29-12-11-27-21-28(15-18-38(27,5)32(29)16-19-39(30,31)6)48-37(46)41-22-25(3)17-20-47-36-34(44)33(43)35(45)40(7,23-42)49-36/h11,24-26,28-36,42-45H,8-10,12-23H2,1-7H3,(H,41,46)/t25?,26?,28?,29?,30?,31?,32?,33?,34?,35-,36?,38+,39-,40?/m1/s1. The molecule has 0 radical (unpaired) electrons. The summed E-state index contributed by atoms with van der Waals surface area (Å²) in [6, 6.07) is 0. The predicted octanol–water partition coefficient (Wildman–Crippen LogP) is 6.36. The van der Waals surface area contributed by atoms with Crippen LogP contribution in [-0.2, 0) is 14.2 Å². The summed E-state index contributed by atoms with van der Waals surface area (Å²) in [7, 11) is 0. The maximum absolute atomic E-state index is 12.9. The van der Waals surface area contributed by atoms with Crippen molar-refractivity contribution in [3.63, 3.8) is 0 Å². The van der Waals surface area contributed by atoms with Gasteiger partial charge in [0.2, 0.25) is 0 Å². The zero-order valence-electron chi connectivity index (χ0n) is 31.5. The van der Waals surface area contributed by atoms with Crippen LogP contribution in [0.25, 0.3) is 0 Å². The normalized spacial score (nSPS) is 43.2. The van der Waals surface area contributed by atoms with E-state index in [1.165, 1.54) is 63.9 Å². The van der Waals surface area contributed by atoms with Crippen LogP contribution in [0, 0.1) is 52.3 Å². The van der Waals surface area contributed by atoms with E-state index in [0.717, 1.165) is 54.8 Å². The lowest BCUT2D eigenvalue weighted by Gasteiger charge is -2.58. The van der Waals surface area contributed by atoms with Crippen LogP contribution in [0.2, 0.25) is 0 Å². The number of fused-ring (bicyclic) bond motifs is 5. The summed E-state index contributed by atoms with van der Waals surface area (Å²) in [5.74, 6) is 4.93. The smallest absolute Gasteiger partial charge is 0.407 e. The fraction of sp³-hybridized carbons (Fsp3) is 0.925. The van der Waals surface area contributed by atoms with Gasteiger partial charge in [-0.1, -0.05) is 72.5 Å². The highest BCUT2D eigenvalue weighted by Crippen LogP contribution is 2.67. The van der Waals surface area contributed by atoms with Gasteiger partial charge in [-0.3, -0.25) is 0 Å². The molecule has 1 saturated heterocycles. The van der Waals surface area contributed by atoms with Crippen molar-refractivity contribution in [3.8, 4) is 0 Å². The van der Waals surface area contributed by atoms with Crippen LogP contribution in [0.15, 0.2) is 11.6 Å². The van der Waals surface area contributed by atoms with E-state index in [-0.39, 0.29) is 30.1 Å². The Labute approximate surface area is 295 Å². The van der Waals surface area contributed by atoms with E-state index in [9.17, 15) is 25.2 Å². The van der Waals surface area contributed by atoms with Gasteiger partial charge in [0.15, 0.2) is 6.29 Å². The number of carbonyl (C=O) groups excluding carboxylic acids is 1. The van der Waals surface area contributed by atoms with Crippen LogP contribution < -0.4 is 5.32 Å². The molecular formula is C40H69NO8. The Hall–Kier alpha value is -1.23. The average Bonchev–Trinajstić information content (AvgIpc) is 3.42. The first-order valence-electron chi connectivity index (χ1n) is 19.7. The Bertz CT molecular complexity index is 1150. The second-order valence-electron chi connectivity index (χ2n) is 18.1. The molecule has 0 bridgehead atoms. The van der Waals surface area contributed by atoms with Gasteiger partial charge < -0.3 is 40.0 Å². The molecule has 1 heterocycles. The highest BCUT2D eigenvalue weighted by Gasteiger charge is 2.59. The van der Waals surface area contributed by atoms with Gasteiger partial charge in [-0.25, -0.2) is 4.79 Å². The molecule has 4 aliphatic carbocycles. The second kappa shape index (κ2) is 15.8. The first-order valence-corrected chi connectivity index (χ1v) is 19.7. The molecule has 282 valence electrons. The first-order chi connectivity index (χ1) is 23.1. The van der Waals surface area contributed by atoms with Crippen LogP contribution in [0.4, 0.5) is 4.79 Å². The van der Waals surface area contributed by atoms with E-state index in [1.807, 2.05) is 6.92 Å². The molecule has 0 aromatic rings. The Morgan fingerprint density at radius 2 is 1.73 bits per heavy atom. The molecule has 0 aromatic carbocycles. The lowest BCUT2D eigenvalue weighted by molar-refractivity contribution is -0.333. The molecule has 49 heavy (non-hydrogen) atoms. The molecule has 14 atom stereocenters. The molecule has 1 aliphatic heterocycles. The summed E-state index contributed by atoms with van der Waals surface area (Å²) in [6.45, 7) is 16.0. The highest BCUT2D eigenvalue weighted by molar-refractivity contribution is 5.67. The van der Waals surface area contributed by atoms with Crippen molar-refractivity contribution >= 4 is 6.09 Å². The van der Waals surface area contributed by atoms with E-state index in [0.29, 0.717) is 18.4 Å². The zero-order chi connectivity index (χ0) is 35.7. The van der Waals surface area contributed by atoms with E-state index in [1.54, 1.807) is 0 Å². The molecule has 4 fully saturated rings. The predicted molar refractivity (Wildman–Crippen MR) is 189 cm³/mol. The number of hydrogen-bond donors (Lipinski definition) is 5. The van der Waals surface area contributed by atoms with Crippen LogP contribution >= 0.6 is 0 Å². The minimum Gasteiger partial charge on any atom is -0.446 e. The van der Waals surface area contributed by atoms with Crippen molar-refractivity contribution < 1.29 is 39.4 Å². The Balaban J connectivity index is 1.06. The number of hydrogen-bond acceptors (Lipinski definition) is 8. The Morgan fingerprint density at radius 3 is 2.45 bits per heavy atom. The summed E-state index contributed by atoms with van der Waals surface area (Å²) in [5, 5.41) is 43.1. The number of alkyl carbamates (subject to hydrolysis) is 1. The minimum atomic E-state index is -1.50. The molecule has 5 N–H and O–H groups in total. The van der Waals surface area contributed by atoms with E-state index in [4.69, 9.17) is 14.2 Å². The van der Waals surface area contributed by atoms with Crippen molar-refractivity contribution in [1.29, 1.82) is 0 Å². The monoisotopic (exact) mass is 692 g/mol. The number of aliphatic hydroxyl groups is 4. The summed E-state index contributed by atoms with van der Waals surface area (Å²) in [4.78, 5) is 12.9. The molecule has 9 nitrogen and oxygen atoms in total.